The van der Waals surface area contributed by atoms with Crippen LogP contribution in [0.5, 0.6) is 0 Å². The van der Waals surface area contributed by atoms with Gasteiger partial charge in [0.25, 0.3) is 0 Å². The van der Waals surface area contributed by atoms with Crippen molar-refractivity contribution in [3.63, 3.8) is 0 Å². The maximum absolute atomic E-state index is 11.4. The number of nitrogens with one attached hydrogen (secondary N) is 2. The Morgan fingerprint density at radius 1 is 1.13 bits per heavy atom. The number of pyridine rings is 1. The molecule has 1 atom stereocenters. The van der Waals surface area contributed by atoms with E-state index in [0.29, 0.717) is 18.1 Å². The molecule has 1 unspecified atom stereocenters. The minimum absolute atomic E-state index is 0.0522. The number of nitrogen functional groups attached to an aromatic ring is 1. The SMILES string of the molecule is CCC.CCC.Cc1cnc(N)c(-c2nc3ccc(C4=NNC(=O)CC4C)cc3[nH]2)c1. The van der Waals surface area contributed by atoms with Crippen LogP contribution in [0.25, 0.3) is 22.4 Å². The summed E-state index contributed by atoms with van der Waals surface area (Å²) in [6.45, 7) is 12.5. The van der Waals surface area contributed by atoms with E-state index in [1.807, 2.05) is 38.1 Å². The molecule has 0 fully saturated rings. The van der Waals surface area contributed by atoms with Gasteiger partial charge in [-0.25, -0.2) is 15.4 Å². The molecular weight excluding hydrogens is 388 g/mol. The highest BCUT2D eigenvalue weighted by Crippen LogP contribution is 2.26. The summed E-state index contributed by atoms with van der Waals surface area (Å²) < 4.78 is 0. The normalized spacial score (nSPS) is 15.2. The first-order chi connectivity index (χ1) is 14.8. The van der Waals surface area contributed by atoms with Crippen LogP contribution in [-0.2, 0) is 4.79 Å². The van der Waals surface area contributed by atoms with Crippen molar-refractivity contribution in [1.29, 1.82) is 0 Å². The maximum atomic E-state index is 11.4. The topological polar surface area (TPSA) is 109 Å². The number of nitrogens with two attached hydrogens (primary N) is 1. The second-order valence-electron chi connectivity index (χ2n) is 7.81. The van der Waals surface area contributed by atoms with Crippen molar-refractivity contribution in [2.24, 2.45) is 11.0 Å². The molecule has 3 aromatic rings. The summed E-state index contributed by atoms with van der Waals surface area (Å²) in [5.41, 5.74) is 13.9. The number of aryl methyl sites for hydroxylation is 1. The van der Waals surface area contributed by atoms with Crippen molar-refractivity contribution in [3.05, 3.63) is 41.6 Å². The van der Waals surface area contributed by atoms with Crippen LogP contribution >= 0.6 is 0 Å². The molecule has 4 rings (SSSR count). The van der Waals surface area contributed by atoms with Crippen LogP contribution in [0.15, 0.2) is 35.6 Å². The van der Waals surface area contributed by atoms with E-state index in [-0.39, 0.29) is 11.8 Å². The number of H-pyrrole nitrogens is 1. The molecule has 0 bridgehead atoms. The predicted molar refractivity (Wildman–Crippen MR) is 129 cm³/mol. The van der Waals surface area contributed by atoms with E-state index in [2.05, 4.69) is 53.2 Å². The van der Waals surface area contributed by atoms with Gasteiger partial charge in [-0.3, -0.25) is 4.79 Å². The molecule has 0 aliphatic carbocycles. The van der Waals surface area contributed by atoms with E-state index < -0.39 is 0 Å². The highest BCUT2D eigenvalue weighted by Gasteiger charge is 2.22. The van der Waals surface area contributed by atoms with E-state index >= 15 is 0 Å². The zero-order valence-electron chi connectivity index (χ0n) is 19.4. The molecule has 0 saturated carbocycles. The average molecular weight is 423 g/mol. The van der Waals surface area contributed by atoms with Crippen molar-refractivity contribution in [1.82, 2.24) is 20.4 Å². The summed E-state index contributed by atoms with van der Waals surface area (Å²) in [6.07, 6.45) is 4.67. The first-order valence-electron chi connectivity index (χ1n) is 10.9. The third kappa shape index (κ3) is 6.13. The van der Waals surface area contributed by atoms with Crippen molar-refractivity contribution in [3.8, 4) is 11.4 Å². The smallest absolute Gasteiger partial charge is 0.240 e. The molecule has 166 valence electrons. The van der Waals surface area contributed by atoms with Gasteiger partial charge < -0.3 is 10.7 Å². The van der Waals surface area contributed by atoms with Crippen molar-refractivity contribution in [2.45, 2.75) is 60.8 Å². The van der Waals surface area contributed by atoms with Crippen LogP contribution in [0.1, 0.15) is 65.0 Å². The van der Waals surface area contributed by atoms with Crippen molar-refractivity contribution in [2.75, 3.05) is 5.73 Å². The fourth-order valence-corrected chi connectivity index (χ4v) is 3.07. The number of imidazole rings is 1. The second-order valence-corrected chi connectivity index (χ2v) is 7.81. The number of hydrogen-bond acceptors (Lipinski definition) is 5. The quantitative estimate of drug-likeness (QED) is 0.527. The molecule has 31 heavy (non-hydrogen) atoms. The molecule has 7 heteroatoms. The Morgan fingerprint density at radius 2 is 1.81 bits per heavy atom. The van der Waals surface area contributed by atoms with Gasteiger partial charge in [-0.05, 0) is 30.7 Å². The highest BCUT2D eigenvalue weighted by molar-refractivity contribution is 6.07. The number of aromatic nitrogens is 3. The predicted octanol–water partition coefficient (Wildman–Crippen LogP) is 5.21. The van der Waals surface area contributed by atoms with Crippen LogP contribution < -0.4 is 11.2 Å². The second kappa shape index (κ2) is 11.2. The molecule has 0 saturated heterocycles. The van der Waals surface area contributed by atoms with Gasteiger partial charge in [0, 0.05) is 24.1 Å². The van der Waals surface area contributed by atoms with Gasteiger partial charge in [-0.15, -0.1) is 0 Å². The summed E-state index contributed by atoms with van der Waals surface area (Å²) in [5, 5.41) is 4.21. The largest absolute Gasteiger partial charge is 0.383 e. The first-order valence-corrected chi connectivity index (χ1v) is 10.9. The molecule has 1 aliphatic heterocycles. The lowest BCUT2D eigenvalue weighted by Gasteiger charge is -2.18. The molecule has 1 amide bonds. The standard InChI is InChI=1S/C18H18N6O.2C3H8/c1-9-5-12(17(19)20-8-9)18-21-13-4-3-11(7-14(13)22-18)16-10(2)6-15(25)23-24-16;2*1-3-2/h3-5,7-8,10H,6H2,1-2H3,(H2,19,20)(H,21,22)(H,23,25);2*3H2,1-2H3. The number of carbonyl (C=O) groups excluding carboxylic acids is 1. The van der Waals surface area contributed by atoms with E-state index in [9.17, 15) is 4.79 Å². The van der Waals surface area contributed by atoms with Gasteiger partial charge in [-0.2, -0.15) is 5.10 Å². The van der Waals surface area contributed by atoms with Crippen LogP contribution in [0.3, 0.4) is 0 Å². The Hall–Kier alpha value is -3.22. The Labute approximate surface area is 184 Å². The molecule has 7 nitrogen and oxygen atoms in total. The third-order valence-electron chi connectivity index (χ3n) is 4.35. The number of benzene rings is 1. The van der Waals surface area contributed by atoms with Crippen LogP contribution in [0, 0.1) is 12.8 Å². The first kappa shape index (κ1) is 24.1. The van der Waals surface area contributed by atoms with Gasteiger partial charge in [0.2, 0.25) is 5.91 Å². The molecule has 4 N–H and O–H groups in total. The van der Waals surface area contributed by atoms with Gasteiger partial charge in [-0.1, -0.05) is 53.5 Å². The number of hydrazone groups is 1. The summed E-state index contributed by atoms with van der Waals surface area (Å²) in [7, 11) is 0. The number of hydrogen-bond donors (Lipinski definition) is 3. The van der Waals surface area contributed by atoms with E-state index in [4.69, 9.17) is 5.73 Å². The molecular formula is C24H34N6O. The summed E-state index contributed by atoms with van der Waals surface area (Å²) in [5.74, 6) is 1.15. The summed E-state index contributed by atoms with van der Waals surface area (Å²) in [6, 6.07) is 7.87. The fourth-order valence-electron chi connectivity index (χ4n) is 3.07. The summed E-state index contributed by atoms with van der Waals surface area (Å²) in [4.78, 5) is 23.5. The lowest BCUT2D eigenvalue weighted by Crippen LogP contribution is -2.31. The number of anilines is 1. The molecule has 0 spiro atoms. The maximum Gasteiger partial charge on any atom is 0.240 e. The molecule has 2 aromatic heterocycles. The number of aromatic amines is 1. The summed E-state index contributed by atoms with van der Waals surface area (Å²) >= 11 is 0. The van der Waals surface area contributed by atoms with Gasteiger partial charge in [0.15, 0.2) is 0 Å². The Kier molecular flexibility index (Phi) is 8.73. The average Bonchev–Trinajstić information content (AvgIpc) is 3.14. The van der Waals surface area contributed by atoms with Crippen LogP contribution in [-0.4, -0.2) is 26.6 Å². The highest BCUT2D eigenvalue weighted by atomic mass is 16.2. The van der Waals surface area contributed by atoms with Crippen LogP contribution in [0.4, 0.5) is 5.82 Å². The van der Waals surface area contributed by atoms with E-state index in [1.165, 1.54) is 12.8 Å². The van der Waals surface area contributed by atoms with E-state index in [0.717, 1.165) is 33.4 Å². The minimum Gasteiger partial charge on any atom is -0.383 e. The number of carbonyl (C=O) groups is 1. The lowest BCUT2D eigenvalue weighted by molar-refractivity contribution is -0.121. The molecule has 1 aromatic carbocycles. The number of amides is 1. The lowest BCUT2D eigenvalue weighted by atomic mass is 9.94. The minimum atomic E-state index is -0.0522. The van der Waals surface area contributed by atoms with E-state index in [1.54, 1.807) is 6.20 Å². The number of nitrogens with zero attached hydrogens (tertiary/aromatic N) is 3. The fraction of sp³-hybridized carbons (Fsp3) is 0.417. The van der Waals surface area contributed by atoms with Crippen molar-refractivity contribution >= 4 is 28.5 Å². The van der Waals surface area contributed by atoms with Gasteiger partial charge >= 0.3 is 0 Å². The zero-order valence-corrected chi connectivity index (χ0v) is 19.4. The monoisotopic (exact) mass is 422 g/mol. The molecule has 1 aliphatic rings. The Balaban J connectivity index is 0.000000513. The van der Waals surface area contributed by atoms with Crippen molar-refractivity contribution < 1.29 is 4.79 Å². The third-order valence-corrected chi connectivity index (χ3v) is 4.35. The number of rotatable bonds is 2. The Bertz CT molecular complexity index is 1050. The van der Waals surface area contributed by atoms with Gasteiger partial charge in [0.05, 0.1) is 22.3 Å². The zero-order chi connectivity index (χ0) is 23.0. The molecule has 0 radical (unpaired) electrons. The molecule has 3 heterocycles. The van der Waals surface area contributed by atoms with Gasteiger partial charge in [0.1, 0.15) is 11.6 Å². The Morgan fingerprint density at radius 3 is 2.45 bits per heavy atom. The number of fused-ring (bicyclic) bond motifs is 1. The van der Waals surface area contributed by atoms with Crippen LogP contribution in [0.2, 0.25) is 0 Å².